The van der Waals surface area contributed by atoms with Crippen molar-refractivity contribution in [3.63, 3.8) is 0 Å². The molecule has 0 N–H and O–H groups in total. The summed E-state index contributed by atoms with van der Waals surface area (Å²) in [5.74, 6) is -0.660. The molecule has 0 spiro atoms. The molecule has 66 valence electrons. The number of carbonyl (C=O) groups excluding carboxylic acids is 1. The number of benzene rings is 1. The maximum absolute atomic E-state index is 11.1. The van der Waals surface area contributed by atoms with Crippen LogP contribution in [0.25, 0.3) is 10.4 Å². The van der Waals surface area contributed by atoms with Gasteiger partial charge in [0.25, 0.3) is 5.91 Å². The molecular weight excluding hydrogens is 190 g/mol. The van der Waals surface area contributed by atoms with E-state index in [2.05, 4.69) is 10.0 Å². The quantitative estimate of drug-likeness (QED) is 0.386. The van der Waals surface area contributed by atoms with Crippen LogP contribution in [0.15, 0.2) is 23.3 Å². The first-order chi connectivity index (χ1) is 6.15. The predicted molar refractivity (Wildman–Crippen MR) is 49.7 cm³/mol. The Morgan fingerprint density at radius 3 is 2.85 bits per heavy atom. The first kappa shape index (κ1) is 9.58. The highest BCUT2D eigenvalue weighted by Gasteiger charge is 2.07. The van der Waals surface area contributed by atoms with E-state index >= 15 is 0 Å². The lowest BCUT2D eigenvalue weighted by atomic mass is 10.1. The van der Waals surface area contributed by atoms with Gasteiger partial charge >= 0.3 is 0 Å². The van der Waals surface area contributed by atoms with Crippen molar-refractivity contribution in [2.45, 2.75) is 6.92 Å². The van der Waals surface area contributed by atoms with E-state index in [-0.39, 0.29) is 5.56 Å². The van der Waals surface area contributed by atoms with Crippen LogP contribution in [-0.2, 0) is 0 Å². The summed E-state index contributed by atoms with van der Waals surface area (Å²) < 4.78 is 0. The molecule has 0 fully saturated rings. The average molecular weight is 196 g/mol. The van der Waals surface area contributed by atoms with Crippen molar-refractivity contribution in [3.8, 4) is 0 Å². The number of aryl methyl sites for hydroxylation is 1. The van der Waals surface area contributed by atoms with E-state index in [9.17, 15) is 4.79 Å². The lowest BCUT2D eigenvalue weighted by molar-refractivity contribution is 0.100. The number of hydrogen-bond donors (Lipinski definition) is 0. The lowest BCUT2D eigenvalue weighted by Gasteiger charge is -1.99. The topological polar surface area (TPSA) is 65.8 Å². The zero-order valence-electron chi connectivity index (χ0n) is 6.86. The van der Waals surface area contributed by atoms with Crippen molar-refractivity contribution in [3.05, 3.63) is 44.8 Å². The molecule has 0 aliphatic heterocycles. The summed E-state index contributed by atoms with van der Waals surface area (Å²) >= 11 is 5.76. The molecule has 1 amide bonds. The van der Waals surface area contributed by atoms with Gasteiger partial charge in [-0.05, 0) is 35.3 Å². The molecule has 1 rings (SSSR count). The van der Waals surface area contributed by atoms with E-state index in [1.165, 1.54) is 6.07 Å². The monoisotopic (exact) mass is 195 g/mol. The first-order valence-electron chi connectivity index (χ1n) is 3.50. The Labute approximate surface area is 79.8 Å². The molecule has 0 saturated heterocycles. The SMILES string of the molecule is Cc1ccc(C(=O)N=[N+]=[N-])c(Cl)c1. The molecule has 0 bridgehead atoms. The van der Waals surface area contributed by atoms with Gasteiger partial charge in [0, 0.05) is 10.5 Å². The van der Waals surface area contributed by atoms with Crippen molar-refractivity contribution in [2.75, 3.05) is 0 Å². The predicted octanol–water partition coefficient (Wildman–Crippen LogP) is 3.10. The minimum absolute atomic E-state index is 0.227. The van der Waals surface area contributed by atoms with Gasteiger partial charge in [0.2, 0.25) is 0 Å². The molecule has 0 heterocycles. The van der Waals surface area contributed by atoms with Gasteiger partial charge in [-0.25, -0.2) is 0 Å². The maximum Gasteiger partial charge on any atom is 0.250 e. The van der Waals surface area contributed by atoms with E-state index in [1.54, 1.807) is 12.1 Å². The minimum Gasteiger partial charge on any atom is -0.287 e. The van der Waals surface area contributed by atoms with Gasteiger partial charge in [-0.3, -0.25) is 4.79 Å². The molecule has 5 heteroatoms. The van der Waals surface area contributed by atoms with Crippen molar-refractivity contribution < 1.29 is 4.79 Å². The van der Waals surface area contributed by atoms with Gasteiger partial charge in [0.1, 0.15) is 0 Å². The Bertz CT molecular complexity index is 396. The van der Waals surface area contributed by atoms with Gasteiger partial charge in [-0.1, -0.05) is 17.7 Å². The Kier molecular flexibility index (Phi) is 2.90. The van der Waals surface area contributed by atoms with Gasteiger partial charge in [0.05, 0.1) is 5.02 Å². The van der Waals surface area contributed by atoms with Crippen molar-refractivity contribution in [1.29, 1.82) is 0 Å². The van der Waals surface area contributed by atoms with Crippen molar-refractivity contribution >= 4 is 17.5 Å². The molecule has 13 heavy (non-hydrogen) atoms. The van der Waals surface area contributed by atoms with Crippen molar-refractivity contribution in [2.24, 2.45) is 5.11 Å². The fourth-order valence-electron chi connectivity index (χ4n) is 0.888. The van der Waals surface area contributed by atoms with Gasteiger partial charge < -0.3 is 0 Å². The van der Waals surface area contributed by atoms with E-state index in [0.29, 0.717) is 5.02 Å². The summed E-state index contributed by atoms with van der Waals surface area (Å²) in [5, 5.41) is 3.25. The van der Waals surface area contributed by atoms with Crippen LogP contribution in [-0.4, -0.2) is 5.91 Å². The van der Waals surface area contributed by atoms with Gasteiger partial charge in [-0.15, -0.1) is 0 Å². The number of amides is 1. The molecular formula is C8H6ClN3O. The van der Waals surface area contributed by atoms with Crippen molar-refractivity contribution in [1.82, 2.24) is 0 Å². The number of rotatable bonds is 1. The Morgan fingerprint density at radius 1 is 1.62 bits per heavy atom. The van der Waals surface area contributed by atoms with Crippen LogP contribution in [0.2, 0.25) is 5.02 Å². The largest absolute Gasteiger partial charge is 0.287 e. The lowest BCUT2D eigenvalue weighted by Crippen LogP contribution is -1.94. The second-order valence-electron chi connectivity index (χ2n) is 2.48. The fourth-order valence-corrected chi connectivity index (χ4v) is 1.20. The molecule has 4 nitrogen and oxygen atoms in total. The van der Waals surface area contributed by atoms with Crippen LogP contribution in [0, 0.1) is 6.92 Å². The Balaban J connectivity index is 3.16. The van der Waals surface area contributed by atoms with E-state index in [1.807, 2.05) is 6.92 Å². The minimum atomic E-state index is -0.660. The number of halogens is 1. The second kappa shape index (κ2) is 3.94. The Hall–Kier alpha value is -1.51. The molecule has 1 aromatic rings. The number of azide groups is 1. The van der Waals surface area contributed by atoms with Crippen LogP contribution in [0.5, 0.6) is 0 Å². The van der Waals surface area contributed by atoms with E-state index < -0.39 is 5.91 Å². The maximum atomic E-state index is 11.1. The number of hydrogen-bond acceptors (Lipinski definition) is 1. The summed E-state index contributed by atoms with van der Waals surface area (Å²) in [4.78, 5) is 13.5. The average Bonchev–Trinajstić information content (AvgIpc) is 2.04. The third-order valence-corrected chi connectivity index (χ3v) is 1.80. The van der Waals surface area contributed by atoms with Crippen LogP contribution in [0.3, 0.4) is 0 Å². The molecule has 1 aromatic carbocycles. The van der Waals surface area contributed by atoms with Gasteiger partial charge in [-0.2, -0.15) is 0 Å². The van der Waals surface area contributed by atoms with Crippen LogP contribution in [0.1, 0.15) is 15.9 Å². The normalized spacial score (nSPS) is 9.08. The van der Waals surface area contributed by atoms with Crippen LogP contribution in [0.4, 0.5) is 0 Å². The zero-order valence-corrected chi connectivity index (χ0v) is 7.62. The zero-order chi connectivity index (χ0) is 9.84. The van der Waals surface area contributed by atoms with Crippen LogP contribution >= 0.6 is 11.6 Å². The highest BCUT2D eigenvalue weighted by Crippen LogP contribution is 2.18. The summed E-state index contributed by atoms with van der Waals surface area (Å²) in [6.07, 6.45) is 0. The molecule has 0 aliphatic carbocycles. The number of carbonyl (C=O) groups is 1. The molecule has 0 aliphatic rings. The van der Waals surface area contributed by atoms with E-state index in [4.69, 9.17) is 17.1 Å². The summed E-state index contributed by atoms with van der Waals surface area (Å²) in [6, 6.07) is 4.91. The molecule has 0 saturated carbocycles. The summed E-state index contributed by atoms with van der Waals surface area (Å²) in [5.41, 5.74) is 9.21. The third kappa shape index (κ3) is 2.21. The van der Waals surface area contributed by atoms with E-state index in [0.717, 1.165) is 5.56 Å². The Morgan fingerprint density at radius 2 is 2.31 bits per heavy atom. The smallest absolute Gasteiger partial charge is 0.250 e. The van der Waals surface area contributed by atoms with Crippen LogP contribution < -0.4 is 0 Å². The third-order valence-electron chi connectivity index (χ3n) is 1.49. The summed E-state index contributed by atoms with van der Waals surface area (Å²) in [6.45, 7) is 1.85. The van der Waals surface area contributed by atoms with Gasteiger partial charge in [0.15, 0.2) is 0 Å². The molecule has 0 unspecified atom stereocenters. The second-order valence-corrected chi connectivity index (χ2v) is 2.89. The molecule has 0 aromatic heterocycles. The fraction of sp³-hybridized carbons (Fsp3) is 0.125. The number of nitrogens with zero attached hydrogens (tertiary/aromatic N) is 3. The highest BCUT2D eigenvalue weighted by molar-refractivity contribution is 6.33. The highest BCUT2D eigenvalue weighted by atomic mass is 35.5. The standard InChI is InChI=1S/C8H6ClN3O/c1-5-2-3-6(7(9)4-5)8(13)11-12-10/h2-4H,1H3. The molecule has 0 atom stereocenters. The summed E-state index contributed by atoms with van der Waals surface area (Å²) in [7, 11) is 0. The molecule has 0 radical (unpaired) electrons. The first-order valence-corrected chi connectivity index (χ1v) is 3.88.